The highest BCUT2D eigenvalue weighted by Gasteiger charge is 2.25. The van der Waals surface area contributed by atoms with Gasteiger partial charge in [0.2, 0.25) is 0 Å². The number of carbonyl (C=O) groups excluding carboxylic acids is 1. The lowest BCUT2D eigenvalue weighted by atomic mass is 9.83. The fourth-order valence-corrected chi connectivity index (χ4v) is 3.20. The van der Waals surface area contributed by atoms with E-state index >= 15 is 0 Å². The third-order valence-corrected chi connectivity index (χ3v) is 4.41. The van der Waals surface area contributed by atoms with Gasteiger partial charge in [0.05, 0.1) is 12.7 Å². The fraction of sp³-hybridized carbons (Fsp3) is 0.611. The van der Waals surface area contributed by atoms with Gasteiger partial charge in [0.15, 0.2) is 0 Å². The molecule has 0 aliphatic heterocycles. The molecule has 4 heteroatoms. The van der Waals surface area contributed by atoms with Crippen LogP contribution in [0.15, 0.2) is 24.3 Å². The average molecular weight is 305 g/mol. The van der Waals surface area contributed by atoms with Crippen LogP contribution in [0, 0.1) is 5.92 Å². The Kier molecular flexibility index (Phi) is 6.72. The van der Waals surface area contributed by atoms with E-state index in [9.17, 15) is 4.79 Å². The maximum absolute atomic E-state index is 11.6. The molecule has 1 aromatic rings. The largest absolute Gasteiger partial charge is 0.490 e. The van der Waals surface area contributed by atoms with Crippen molar-refractivity contribution in [3.8, 4) is 5.75 Å². The second-order valence-electron chi connectivity index (χ2n) is 6.00. The van der Waals surface area contributed by atoms with Gasteiger partial charge in [-0.05, 0) is 56.3 Å². The number of carbonyl (C=O) groups is 1. The summed E-state index contributed by atoms with van der Waals surface area (Å²) < 4.78 is 11.0. The minimum atomic E-state index is -0.332. The molecule has 0 saturated heterocycles. The molecule has 1 atom stereocenters. The van der Waals surface area contributed by atoms with E-state index in [1.165, 1.54) is 39.2 Å². The molecule has 1 saturated carbocycles. The smallest absolute Gasteiger partial charge is 0.337 e. The molecule has 1 unspecified atom stereocenters. The molecule has 1 aliphatic carbocycles. The van der Waals surface area contributed by atoms with E-state index in [0.29, 0.717) is 18.0 Å². The first kappa shape index (κ1) is 16.8. The van der Waals surface area contributed by atoms with Crippen molar-refractivity contribution < 1.29 is 14.3 Å². The average Bonchev–Trinajstić information content (AvgIpc) is 2.59. The quantitative estimate of drug-likeness (QED) is 0.783. The first-order valence-electron chi connectivity index (χ1n) is 8.29. The zero-order chi connectivity index (χ0) is 15.8. The van der Waals surface area contributed by atoms with Gasteiger partial charge in [0.1, 0.15) is 11.9 Å². The molecule has 2 N–H and O–H groups in total. The summed E-state index contributed by atoms with van der Waals surface area (Å²) in [5.74, 6) is 1.01. The number of nitrogens with two attached hydrogens (primary N) is 1. The van der Waals surface area contributed by atoms with Crippen molar-refractivity contribution in [2.45, 2.75) is 51.0 Å². The lowest BCUT2D eigenvalue weighted by Gasteiger charge is -2.31. The van der Waals surface area contributed by atoms with Gasteiger partial charge < -0.3 is 15.2 Å². The number of hydrogen-bond acceptors (Lipinski definition) is 4. The molecular formula is C18H27NO3. The number of ether oxygens (including phenoxy) is 2. The molecule has 4 nitrogen and oxygen atoms in total. The summed E-state index contributed by atoms with van der Waals surface area (Å²) >= 11 is 0. The van der Waals surface area contributed by atoms with E-state index in [4.69, 9.17) is 15.2 Å². The zero-order valence-corrected chi connectivity index (χ0v) is 13.4. The molecule has 2 rings (SSSR count). The Bertz CT molecular complexity index is 469. The van der Waals surface area contributed by atoms with Crippen LogP contribution in [-0.2, 0) is 4.74 Å². The van der Waals surface area contributed by atoms with Gasteiger partial charge in [-0.25, -0.2) is 4.79 Å². The van der Waals surface area contributed by atoms with E-state index in [0.717, 1.165) is 18.6 Å². The Morgan fingerprint density at radius 3 is 2.77 bits per heavy atom. The van der Waals surface area contributed by atoms with Crippen molar-refractivity contribution >= 4 is 5.97 Å². The lowest BCUT2D eigenvalue weighted by molar-refractivity contribution is 0.0598. The van der Waals surface area contributed by atoms with Crippen molar-refractivity contribution in [1.82, 2.24) is 0 Å². The molecular weight excluding hydrogens is 278 g/mol. The summed E-state index contributed by atoms with van der Waals surface area (Å²) in [6.07, 6.45) is 8.50. The third-order valence-electron chi connectivity index (χ3n) is 4.41. The molecule has 0 radical (unpaired) electrons. The van der Waals surface area contributed by atoms with Crippen molar-refractivity contribution in [3.63, 3.8) is 0 Å². The molecule has 0 aromatic heterocycles. The van der Waals surface area contributed by atoms with Gasteiger partial charge in [-0.1, -0.05) is 25.3 Å². The fourth-order valence-electron chi connectivity index (χ4n) is 3.20. The highest BCUT2D eigenvalue weighted by Crippen LogP contribution is 2.31. The highest BCUT2D eigenvalue weighted by atomic mass is 16.5. The third kappa shape index (κ3) is 4.73. The van der Waals surface area contributed by atoms with Gasteiger partial charge in [-0.2, -0.15) is 0 Å². The van der Waals surface area contributed by atoms with Crippen molar-refractivity contribution in [3.05, 3.63) is 29.8 Å². The molecule has 0 spiro atoms. The Morgan fingerprint density at radius 2 is 2.09 bits per heavy atom. The predicted molar refractivity (Wildman–Crippen MR) is 87.1 cm³/mol. The maximum Gasteiger partial charge on any atom is 0.337 e. The number of benzene rings is 1. The SMILES string of the molecule is COC(=O)c1cccc(OC(CCCN)C2CCCCC2)c1. The van der Waals surface area contributed by atoms with Gasteiger partial charge in [0.25, 0.3) is 0 Å². The monoisotopic (exact) mass is 305 g/mol. The van der Waals surface area contributed by atoms with E-state index < -0.39 is 0 Å². The first-order chi connectivity index (χ1) is 10.7. The molecule has 22 heavy (non-hydrogen) atoms. The first-order valence-corrected chi connectivity index (χ1v) is 8.29. The van der Waals surface area contributed by atoms with Crippen LogP contribution in [0.3, 0.4) is 0 Å². The normalized spacial score (nSPS) is 17.0. The van der Waals surface area contributed by atoms with Gasteiger partial charge in [-0.15, -0.1) is 0 Å². The van der Waals surface area contributed by atoms with Crippen LogP contribution < -0.4 is 10.5 Å². The van der Waals surface area contributed by atoms with Crippen LogP contribution in [0.4, 0.5) is 0 Å². The Labute approximate surface area is 133 Å². The molecule has 122 valence electrons. The summed E-state index contributed by atoms with van der Waals surface area (Å²) in [7, 11) is 1.39. The molecule has 0 amide bonds. The van der Waals surface area contributed by atoms with Crippen LogP contribution in [-0.4, -0.2) is 25.7 Å². The summed E-state index contributed by atoms with van der Waals surface area (Å²) in [5, 5.41) is 0. The summed E-state index contributed by atoms with van der Waals surface area (Å²) in [6, 6.07) is 7.26. The predicted octanol–water partition coefficient (Wildman–Crippen LogP) is 3.54. The van der Waals surface area contributed by atoms with Crippen molar-refractivity contribution in [2.75, 3.05) is 13.7 Å². The topological polar surface area (TPSA) is 61.5 Å². The summed E-state index contributed by atoms with van der Waals surface area (Å²) in [4.78, 5) is 11.6. The number of hydrogen-bond donors (Lipinski definition) is 1. The molecule has 1 aromatic carbocycles. The van der Waals surface area contributed by atoms with Crippen LogP contribution in [0.2, 0.25) is 0 Å². The summed E-state index contributed by atoms with van der Waals surface area (Å²) in [6.45, 7) is 0.689. The van der Waals surface area contributed by atoms with Crippen LogP contribution in [0.5, 0.6) is 5.75 Å². The second kappa shape index (κ2) is 8.79. The Hall–Kier alpha value is -1.55. The molecule has 0 bridgehead atoms. The minimum Gasteiger partial charge on any atom is -0.490 e. The highest BCUT2D eigenvalue weighted by molar-refractivity contribution is 5.89. The van der Waals surface area contributed by atoms with Gasteiger partial charge in [-0.3, -0.25) is 0 Å². The number of rotatable bonds is 7. The standard InChI is InChI=1S/C18H27NO3/c1-21-18(20)15-9-5-10-16(13-15)22-17(11-6-12-19)14-7-3-2-4-8-14/h5,9-10,13-14,17H,2-4,6-8,11-12,19H2,1H3. The van der Waals surface area contributed by atoms with Crippen LogP contribution >= 0.6 is 0 Å². The van der Waals surface area contributed by atoms with E-state index in [2.05, 4.69) is 0 Å². The van der Waals surface area contributed by atoms with E-state index in [1.54, 1.807) is 12.1 Å². The summed E-state index contributed by atoms with van der Waals surface area (Å²) in [5.41, 5.74) is 6.19. The molecule has 0 heterocycles. The lowest BCUT2D eigenvalue weighted by Crippen LogP contribution is -2.29. The van der Waals surface area contributed by atoms with Gasteiger partial charge >= 0.3 is 5.97 Å². The second-order valence-corrected chi connectivity index (χ2v) is 6.00. The number of esters is 1. The van der Waals surface area contributed by atoms with Crippen molar-refractivity contribution in [1.29, 1.82) is 0 Å². The minimum absolute atomic E-state index is 0.191. The Balaban J connectivity index is 2.06. The van der Waals surface area contributed by atoms with Crippen LogP contribution in [0.1, 0.15) is 55.3 Å². The molecule has 1 aliphatic rings. The molecule has 1 fully saturated rings. The van der Waals surface area contributed by atoms with E-state index in [-0.39, 0.29) is 12.1 Å². The van der Waals surface area contributed by atoms with Crippen LogP contribution in [0.25, 0.3) is 0 Å². The number of methoxy groups -OCH3 is 1. The Morgan fingerprint density at radius 1 is 1.32 bits per heavy atom. The van der Waals surface area contributed by atoms with Crippen molar-refractivity contribution in [2.24, 2.45) is 11.7 Å². The zero-order valence-electron chi connectivity index (χ0n) is 13.4. The van der Waals surface area contributed by atoms with Gasteiger partial charge in [0, 0.05) is 0 Å². The van der Waals surface area contributed by atoms with E-state index in [1.807, 2.05) is 12.1 Å². The maximum atomic E-state index is 11.6.